The van der Waals surface area contributed by atoms with Crippen molar-refractivity contribution in [2.24, 2.45) is 5.73 Å². The summed E-state index contributed by atoms with van der Waals surface area (Å²) in [6.45, 7) is 2.93. The second kappa shape index (κ2) is 6.06. The number of aryl methyl sites for hydroxylation is 1. The van der Waals surface area contributed by atoms with Crippen LogP contribution in [0.1, 0.15) is 16.4 Å². The summed E-state index contributed by atoms with van der Waals surface area (Å²) in [6.07, 6.45) is 0. The second-order valence-corrected chi connectivity index (χ2v) is 4.49. The molecule has 0 saturated heterocycles. The molecule has 1 aromatic rings. The largest absolute Gasteiger partial charge is 0.396 e. The highest BCUT2D eigenvalue weighted by Crippen LogP contribution is 2.29. The summed E-state index contributed by atoms with van der Waals surface area (Å²) in [5, 5.41) is 9.07. The van der Waals surface area contributed by atoms with Gasteiger partial charge in [-0.1, -0.05) is 24.3 Å². The lowest BCUT2D eigenvalue weighted by Crippen LogP contribution is -2.11. The van der Waals surface area contributed by atoms with Crippen LogP contribution in [0.25, 0.3) is 0 Å². The van der Waals surface area contributed by atoms with Crippen LogP contribution in [0.15, 0.2) is 24.3 Å². The number of benzene rings is 1. The van der Waals surface area contributed by atoms with Crippen molar-refractivity contribution in [3.05, 3.63) is 35.4 Å². The molecular formula is C11H17NOS. The molecule has 1 unspecified atom stereocenters. The van der Waals surface area contributed by atoms with Crippen molar-refractivity contribution in [2.45, 2.75) is 12.2 Å². The van der Waals surface area contributed by atoms with E-state index in [0.29, 0.717) is 11.8 Å². The zero-order valence-corrected chi connectivity index (χ0v) is 9.26. The van der Waals surface area contributed by atoms with Gasteiger partial charge in [-0.2, -0.15) is 11.8 Å². The van der Waals surface area contributed by atoms with Gasteiger partial charge in [-0.05, 0) is 18.1 Å². The van der Waals surface area contributed by atoms with E-state index >= 15 is 0 Å². The minimum absolute atomic E-state index is 0.215. The summed E-state index contributed by atoms with van der Waals surface area (Å²) in [5.41, 5.74) is 8.27. The van der Waals surface area contributed by atoms with E-state index in [0.717, 1.165) is 5.75 Å². The fourth-order valence-electron chi connectivity index (χ4n) is 1.43. The standard InChI is InChI=1S/C11H17NOS/c1-9-4-2-3-5-10(9)11(8-12)14-7-6-13/h2-5,11,13H,6-8,12H2,1H3. The molecule has 0 amide bonds. The second-order valence-electron chi connectivity index (χ2n) is 3.18. The van der Waals surface area contributed by atoms with E-state index < -0.39 is 0 Å². The van der Waals surface area contributed by atoms with Gasteiger partial charge in [0.2, 0.25) is 0 Å². The minimum atomic E-state index is 0.215. The molecule has 78 valence electrons. The molecule has 0 saturated carbocycles. The van der Waals surface area contributed by atoms with Gasteiger partial charge in [0.1, 0.15) is 0 Å². The zero-order valence-electron chi connectivity index (χ0n) is 8.44. The quantitative estimate of drug-likeness (QED) is 0.779. The van der Waals surface area contributed by atoms with Crippen molar-refractivity contribution >= 4 is 11.8 Å². The van der Waals surface area contributed by atoms with E-state index in [4.69, 9.17) is 10.8 Å². The van der Waals surface area contributed by atoms with Crippen molar-refractivity contribution in [1.29, 1.82) is 0 Å². The summed E-state index contributed by atoms with van der Waals surface area (Å²) in [7, 11) is 0. The van der Waals surface area contributed by atoms with Crippen molar-refractivity contribution in [3.63, 3.8) is 0 Å². The highest BCUT2D eigenvalue weighted by Gasteiger charge is 2.11. The highest BCUT2D eigenvalue weighted by molar-refractivity contribution is 7.99. The number of rotatable bonds is 5. The molecule has 1 atom stereocenters. The van der Waals surface area contributed by atoms with Gasteiger partial charge >= 0.3 is 0 Å². The lowest BCUT2D eigenvalue weighted by molar-refractivity contribution is 0.322. The van der Waals surface area contributed by atoms with Gasteiger partial charge in [0.15, 0.2) is 0 Å². The molecule has 0 aliphatic heterocycles. The van der Waals surface area contributed by atoms with Crippen LogP contribution >= 0.6 is 11.8 Å². The molecule has 0 aromatic heterocycles. The van der Waals surface area contributed by atoms with Crippen LogP contribution in [0.5, 0.6) is 0 Å². The number of aliphatic hydroxyl groups is 1. The normalized spacial score (nSPS) is 12.8. The Balaban J connectivity index is 2.73. The van der Waals surface area contributed by atoms with Crippen molar-refractivity contribution in [1.82, 2.24) is 0 Å². The molecule has 2 nitrogen and oxygen atoms in total. The Morgan fingerprint density at radius 2 is 2.14 bits per heavy atom. The molecule has 3 N–H and O–H groups in total. The maximum atomic E-state index is 8.77. The van der Waals surface area contributed by atoms with E-state index in [1.54, 1.807) is 11.8 Å². The maximum Gasteiger partial charge on any atom is 0.0521 e. The monoisotopic (exact) mass is 211 g/mol. The average Bonchev–Trinajstić information content (AvgIpc) is 2.21. The predicted octanol–water partition coefficient (Wildman–Crippen LogP) is 1.72. The number of hydrogen-bond acceptors (Lipinski definition) is 3. The van der Waals surface area contributed by atoms with Crippen molar-refractivity contribution < 1.29 is 5.11 Å². The molecule has 3 heteroatoms. The van der Waals surface area contributed by atoms with Crippen LogP contribution in [-0.2, 0) is 0 Å². The van der Waals surface area contributed by atoms with Gasteiger partial charge in [0.25, 0.3) is 0 Å². The number of thioether (sulfide) groups is 1. The summed E-state index contributed by atoms with van der Waals surface area (Å²) < 4.78 is 0. The maximum absolute atomic E-state index is 8.77. The molecule has 0 spiro atoms. The van der Waals surface area contributed by atoms with E-state index in [1.807, 2.05) is 12.1 Å². The third kappa shape index (κ3) is 3.01. The van der Waals surface area contributed by atoms with Crippen LogP contribution in [0.3, 0.4) is 0 Å². The molecule has 0 radical (unpaired) electrons. The number of aliphatic hydroxyl groups excluding tert-OH is 1. The third-order valence-corrected chi connectivity index (χ3v) is 3.43. The van der Waals surface area contributed by atoms with Crippen LogP contribution in [0.2, 0.25) is 0 Å². The fourth-order valence-corrected chi connectivity index (χ4v) is 2.40. The first-order chi connectivity index (χ1) is 6.79. The van der Waals surface area contributed by atoms with Gasteiger partial charge in [0, 0.05) is 17.5 Å². The Kier molecular flexibility index (Phi) is 5.01. The first-order valence-corrected chi connectivity index (χ1v) is 5.82. The predicted molar refractivity (Wildman–Crippen MR) is 62.5 cm³/mol. The van der Waals surface area contributed by atoms with Crippen LogP contribution in [0.4, 0.5) is 0 Å². The molecule has 14 heavy (non-hydrogen) atoms. The van der Waals surface area contributed by atoms with Crippen LogP contribution in [-0.4, -0.2) is 24.0 Å². The van der Waals surface area contributed by atoms with E-state index in [2.05, 4.69) is 19.1 Å². The molecule has 0 aliphatic rings. The number of hydrogen-bond donors (Lipinski definition) is 2. The van der Waals surface area contributed by atoms with Gasteiger partial charge in [-0.25, -0.2) is 0 Å². The Morgan fingerprint density at radius 1 is 1.43 bits per heavy atom. The summed E-state index contributed by atoms with van der Waals surface area (Å²) >= 11 is 1.71. The van der Waals surface area contributed by atoms with Gasteiger partial charge < -0.3 is 10.8 Å². The Hall–Kier alpha value is -0.510. The van der Waals surface area contributed by atoms with Gasteiger partial charge in [-0.15, -0.1) is 0 Å². The molecule has 0 aliphatic carbocycles. The minimum Gasteiger partial charge on any atom is -0.396 e. The van der Waals surface area contributed by atoms with E-state index in [9.17, 15) is 0 Å². The first kappa shape index (κ1) is 11.6. The first-order valence-electron chi connectivity index (χ1n) is 4.77. The molecule has 1 aromatic carbocycles. The zero-order chi connectivity index (χ0) is 10.4. The average molecular weight is 211 g/mol. The SMILES string of the molecule is Cc1ccccc1C(CN)SCCO. The van der Waals surface area contributed by atoms with E-state index in [-0.39, 0.29) is 6.61 Å². The summed E-state index contributed by atoms with van der Waals surface area (Å²) in [5.74, 6) is 0.746. The van der Waals surface area contributed by atoms with Crippen LogP contribution < -0.4 is 5.73 Å². The van der Waals surface area contributed by atoms with Crippen molar-refractivity contribution in [3.8, 4) is 0 Å². The Bertz CT molecular complexity index is 278. The molecule has 0 heterocycles. The number of nitrogens with two attached hydrogens (primary N) is 1. The summed E-state index contributed by atoms with van der Waals surface area (Å²) in [6, 6.07) is 8.27. The lowest BCUT2D eigenvalue weighted by atomic mass is 10.1. The lowest BCUT2D eigenvalue weighted by Gasteiger charge is -2.16. The Labute approximate surface area is 89.5 Å². The molecular weight excluding hydrogens is 194 g/mol. The van der Waals surface area contributed by atoms with Crippen LogP contribution in [0, 0.1) is 6.92 Å². The fraction of sp³-hybridized carbons (Fsp3) is 0.455. The molecule has 0 bridgehead atoms. The van der Waals surface area contributed by atoms with Crippen molar-refractivity contribution in [2.75, 3.05) is 18.9 Å². The summed E-state index contributed by atoms with van der Waals surface area (Å²) in [4.78, 5) is 0. The molecule has 1 rings (SSSR count). The Morgan fingerprint density at radius 3 is 2.71 bits per heavy atom. The highest BCUT2D eigenvalue weighted by atomic mass is 32.2. The topological polar surface area (TPSA) is 46.2 Å². The van der Waals surface area contributed by atoms with Gasteiger partial charge in [-0.3, -0.25) is 0 Å². The molecule has 0 fully saturated rings. The van der Waals surface area contributed by atoms with Gasteiger partial charge in [0.05, 0.1) is 6.61 Å². The van der Waals surface area contributed by atoms with E-state index in [1.165, 1.54) is 11.1 Å². The third-order valence-electron chi connectivity index (χ3n) is 2.16. The smallest absolute Gasteiger partial charge is 0.0521 e.